The van der Waals surface area contributed by atoms with Gasteiger partial charge in [-0.2, -0.15) is 0 Å². The lowest BCUT2D eigenvalue weighted by Gasteiger charge is -2.33. The number of benzene rings is 1. The third-order valence-corrected chi connectivity index (χ3v) is 4.27. The number of carbonyl (C=O) groups is 1. The van der Waals surface area contributed by atoms with Crippen LogP contribution >= 0.6 is 23.2 Å². The predicted molar refractivity (Wildman–Crippen MR) is 81.9 cm³/mol. The Bertz CT molecular complexity index is 531. The number of nitrogens with zero attached hydrogens (tertiary/aromatic N) is 1. The van der Waals surface area contributed by atoms with Crippen LogP contribution in [0.4, 0.5) is 0 Å². The second-order valence-electron chi connectivity index (χ2n) is 5.12. The number of hydrogen-bond donors (Lipinski definition) is 1. The Labute approximate surface area is 128 Å². The number of halogens is 2. The van der Waals surface area contributed by atoms with Crippen LogP contribution in [0.15, 0.2) is 24.3 Å². The number of piperidine rings is 1. The van der Waals surface area contributed by atoms with Gasteiger partial charge >= 0.3 is 0 Å². The van der Waals surface area contributed by atoms with Crippen LogP contribution in [0, 0.1) is 5.92 Å². The Hall–Kier alpha value is -1.03. The zero-order chi connectivity index (χ0) is 14.7. The highest BCUT2D eigenvalue weighted by Gasteiger charge is 2.25. The van der Waals surface area contributed by atoms with Gasteiger partial charge in [-0.05, 0) is 36.1 Å². The number of hydrogen-bond acceptors (Lipinski definition) is 2. The number of aliphatic hydroxyl groups is 1. The molecule has 1 heterocycles. The van der Waals surface area contributed by atoms with E-state index in [1.54, 1.807) is 29.2 Å². The molecule has 3 nitrogen and oxygen atoms in total. The van der Waals surface area contributed by atoms with Crippen LogP contribution in [0.25, 0.3) is 6.08 Å². The lowest BCUT2D eigenvalue weighted by Crippen LogP contribution is -2.44. The summed E-state index contributed by atoms with van der Waals surface area (Å²) in [5, 5.41) is 10.6. The maximum absolute atomic E-state index is 12.1. The Morgan fingerprint density at radius 2 is 2.15 bits per heavy atom. The Morgan fingerprint density at radius 1 is 1.40 bits per heavy atom. The van der Waals surface area contributed by atoms with Crippen molar-refractivity contribution in [3.05, 3.63) is 39.9 Å². The van der Waals surface area contributed by atoms with Gasteiger partial charge in [-0.25, -0.2) is 0 Å². The molecule has 1 N–H and O–H groups in total. The maximum atomic E-state index is 12.1. The van der Waals surface area contributed by atoms with E-state index < -0.39 is 0 Å². The first kappa shape index (κ1) is 15.4. The molecule has 20 heavy (non-hydrogen) atoms. The van der Waals surface area contributed by atoms with Crippen molar-refractivity contribution in [2.24, 2.45) is 5.92 Å². The summed E-state index contributed by atoms with van der Waals surface area (Å²) in [6.45, 7) is 3.13. The highest BCUT2D eigenvalue weighted by Crippen LogP contribution is 2.23. The quantitative estimate of drug-likeness (QED) is 0.852. The van der Waals surface area contributed by atoms with Gasteiger partial charge in [0.25, 0.3) is 0 Å². The van der Waals surface area contributed by atoms with Gasteiger partial charge in [0.05, 0.1) is 16.1 Å². The van der Waals surface area contributed by atoms with E-state index in [9.17, 15) is 9.90 Å². The molecule has 1 aromatic rings. The van der Waals surface area contributed by atoms with Gasteiger partial charge in [-0.1, -0.05) is 36.2 Å². The molecule has 0 radical (unpaired) electrons. The highest BCUT2D eigenvalue weighted by atomic mass is 35.5. The van der Waals surface area contributed by atoms with Crippen molar-refractivity contribution in [3.63, 3.8) is 0 Å². The van der Waals surface area contributed by atoms with Crippen LogP contribution in [0.5, 0.6) is 0 Å². The second-order valence-corrected chi connectivity index (χ2v) is 5.94. The smallest absolute Gasteiger partial charge is 0.246 e. The Morgan fingerprint density at radius 3 is 2.80 bits per heavy atom. The number of likely N-dealkylation sites (tertiary alicyclic amines) is 1. The molecule has 5 heteroatoms. The minimum absolute atomic E-state index is 0.0465. The summed E-state index contributed by atoms with van der Waals surface area (Å²) in [4.78, 5) is 13.8. The molecule has 0 aliphatic carbocycles. The minimum atomic E-state index is -0.307. The van der Waals surface area contributed by atoms with Crippen molar-refractivity contribution in [3.8, 4) is 0 Å². The van der Waals surface area contributed by atoms with Crippen molar-refractivity contribution >= 4 is 35.2 Å². The number of carbonyl (C=O) groups excluding carboxylic acids is 1. The summed E-state index contributed by atoms with van der Waals surface area (Å²) in [6.07, 6.45) is 3.58. The van der Waals surface area contributed by atoms with Gasteiger partial charge < -0.3 is 10.0 Å². The molecular weight excluding hydrogens is 297 g/mol. The average Bonchev–Trinajstić information content (AvgIpc) is 2.43. The van der Waals surface area contributed by atoms with Crippen LogP contribution in [0.2, 0.25) is 10.0 Å². The number of aliphatic hydroxyl groups excluding tert-OH is 1. The first-order valence-electron chi connectivity index (χ1n) is 6.57. The molecule has 2 atom stereocenters. The van der Waals surface area contributed by atoms with Gasteiger partial charge in [0.2, 0.25) is 5.91 Å². The van der Waals surface area contributed by atoms with E-state index in [1.165, 1.54) is 6.08 Å². The summed E-state index contributed by atoms with van der Waals surface area (Å²) in [7, 11) is 0. The monoisotopic (exact) mass is 313 g/mol. The molecule has 1 saturated heterocycles. The summed E-state index contributed by atoms with van der Waals surface area (Å²) in [5.74, 6) is 0.0703. The van der Waals surface area contributed by atoms with Crippen molar-refractivity contribution in [2.45, 2.75) is 19.4 Å². The van der Waals surface area contributed by atoms with Crippen molar-refractivity contribution < 1.29 is 9.90 Å². The summed E-state index contributed by atoms with van der Waals surface area (Å²) in [6, 6.07) is 5.23. The van der Waals surface area contributed by atoms with E-state index in [1.807, 2.05) is 6.92 Å². The van der Waals surface area contributed by atoms with Crippen LogP contribution < -0.4 is 0 Å². The molecule has 0 aromatic heterocycles. The van der Waals surface area contributed by atoms with Crippen molar-refractivity contribution in [1.29, 1.82) is 0 Å². The van der Waals surface area contributed by atoms with Crippen molar-refractivity contribution in [1.82, 2.24) is 4.90 Å². The number of rotatable bonds is 2. The summed E-state index contributed by atoms with van der Waals surface area (Å²) >= 11 is 11.8. The molecular formula is C15H17Cl2NO2. The summed E-state index contributed by atoms with van der Waals surface area (Å²) < 4.78 is 0. The first-order valence-corrected chi connectivity index (χ1v) is 7.33. The molecule has 2 unspecified atom stereocenters. The zero-order valence-electron chi connectivity index (χ0n) is 11.2. The highest BCUT2D eigenvalue weighted by molar-refractivity contribution is 6.42. The van der Waals surface area contributed by atoms with Gasteiger partial charge in [0.1, 0.15) is 0 Å². The van der Waals surface area contributed by atoms with E-state index >= 15 is 0 Å². The first-order chi connectivity index (χ1) is 9.47. The summed E-state index contributed by atoms with van der Waals surface area (Å²) in [5.41, 5.74) is 0.831. The molecule has 1 aliphatic rings. The van der Waals surface area contributed by atoms with E-state index in [0.29, 0.717) is 29.6 Å². The molecule has 0 saturated carbocycles. The zero-order valence-corrected chi connectivity index (χ0v) is 12.7. The maximum Gasteiger partial charge on any atom is 0.246 e. The molecule has 1 amide bonds. The standard InChI is InChI=1S/C15H17Cl2NO2/c1-10-9-18(7-6-14(10)19)15(20)5-3-11-2-4-12(16)13(17)8-11/h2-5,8,10,14,19H,6-7,9H2,1H3/b5-3+. The third-order valence-electron chi connectivity index (χ3n) is 3.53. The normalized spacial score (nSPS) is 23.3. The average molecular weight is 314 g/mol. The second kappa shape index (κ2) is 6.61. The molecule has 1 aromatic carbocycles. The van der Waals surface area contributed by atoms with Gasteiger partial charge in [0.15, 0.2) is 0 Å². The lowest BCUT2D eigenvalue weighted by molar-refractivity contribution is -0.129. The van der Waals surface area contributed by atoms with E-state index in [2.05, 4.69) is 0 Å². The van der Waals surface area contributed by atoms with Crippen LogP contribution in [-0.2, 0) is 4.79 Å². The van der Waals surface area contributed by atoms with Crippen LogP contribution in [0.3, 0.4) is 0 Å². The molecule has 1 fully saturated rings. The number of amides is 1. The fourth-order valence-electron chi connectivity index (χ4n) is 2.22. The predicted octanol–water partition coefficient (Wildman–Crippen LogP) is 3.24. The largest absolute Gasteiger partial charge is 0.393 e. The Balaban J connectivity index is 2.00. The van der Waals surface area contributed by atoms with E-state index in [-0.39, 0.29) is 17.9 Å². The molecule has 108 valence electrons. The van der Waals surface area contributed by atoms with Crippen molar-refractivity contribution in [2.75, 3.05) is 13.1 Å². The van der Waals surface area contributed by atoms with Gasteiger partial charge in [0, 0.05) is 19.2 Å². The topological polar surface area (TPSA) is 40.5 Å². The van der Waals surface area contributed by atoms with Crippen LogP contribution in [0.1, 0.15) is 18.9 Å². The third kappa shape index (κ3) is 3.75. The van der Waals surface area contributed by atoms with E-state index in [0.717, 1.165) is 5.56 Å². The van der Waals surface area contributed by atoms with Gasteiger partial charge in [-0.15, -0.1) is 0 Å². The molecule has 0 spiro atoms. The minimum Gasteiger partial charge on any atom is -0.393 e. The molecule has 2 rings (SSSR count). The fraction of sp³-hybridized carbons (Fsp3) is 0.400. The lowest BCUT2D eigenvalue weighted by atomic mass is 9.97. The Kier molecular flexibility index (Phi) is 5.08. The SMILES string of the molecule is CC1CN(C(=O)/C=C/c2ccc(Cl)c(Cl)c2)CCC1O. The van der Waals surface area contributed by atoms with E-state index in [4.69, 9.17) is 23.2 Å². The van der Waals surface area contributed by atoms with Crippen LogP contribution in [-0.4, -0.2) is 35.1 Å². The molecule has 0 bridgehead atoms. The molecule has 1 aliphatic heterocycles. The van der Waals surface area contributed by atoms with Gasteiger partial charge in [-0.3, -0.25) is 4.79 Å². The fourth-order valence-corrected chi connectivity index (χ4v) is 2.53.